The SMILES string of the molecule is CCOc1ccccc1[C@@H]1C(C(=O)OC[C@@H]2CCCO2)=C(C)NC2=C1C(=O)C[C@@H](c1cc(OC)ccc1OC)C2. The first-order valence-electron chi connectivity index (χ1n) is 13.9. The quantitative estimate of drug-likeness (QED) is 0.429. The van der Waals surface area contributed by atoms with E-state index < -0.39 is 11.9 Å². The van der Waals surface area contributed by atoms with Gasteiger partial charge in [0, 0.05) is 47.0 Å². The van der Waals surface area contributed by atoms with Crippen molar-refractivity contribution in [2.45, 2.75) is 57.5 Å². The number of Topliss-reactive ketones (excluding diaryl/α,β-unsaturated/α-hetero) is 1. The molecule has 0 amide bonds. The number of carbonyl (C=O) groups is 2. The van der Waals surface area contributed by atoms with E-state index in [4.69, 9.17) is 23.7 Å². The van der Waals surface area contributed by atoms with E-state index in [0.29, 0.717) is 53.7 Å². The molecule has 3 atom stereocenters. The van der Waals surface area contributed by atoms with Gasteiger partial charge < -0.3 is 29.0 Å². The Balaban J connectivity index is 1.55. The van der Waals surface area contributed by atoms with Crippen molar-refractivity contribution in [3.63, 3.8) is 0 Å². The molecular weight excluding hydrogens is 510 g/mol. The molecule has 0 radical (unpaired) electrons. The average Bonchev–Trinajstić information content (AvgIpc) is 3.49. The number of nitrogens with one attached hydrogen (secondary N) is 1. The van der Waals surface area contributed by atoms with Gasteiger partial charge >= 0.3 is 5.97 Å². The first-order chi connectivity index (χ1) is 19.4. The zero-order valence-corrected chi connectivity index (χ0v) is 23.6. The summed E-state index contributed by atoms with van der Waals surface area (Å²) in [6.45, 7) is 5.11. The van der Waals surface area contributed by atoms with E-state index in [-0.39, 0.29) is 30.8 Å². The standard InChI is InChI=1S/C32H37NO7/c1-5-38-28-11-7-6-10-23(28)30-29(32(35)40-18-22-9-8-14-39-22)19(2)33-25-15-20(16-26(34)31(25)30)24-17-21(36-3)12-13-27(24)37-4/h6-7,10-13,17,20,22,30,33H,5,8-9,14-16,18H2,1-4H3/t20-,22-,30+/m0/s1. The smallest absolute Gasteiger partial charge is 0.336 e. The number of ketones is 1. The number of methoxy groups -OCH3 is 2. The predicted octanol–water partition coefficient (Wildman–Crippen LogP) is 5.19. The molecule has 1 saturated heterocycles. The number of rotatable bonds is 9. The van der Waals surface area contributed by atoms with Gasteiger partial charge in [-0.15, -0.1) is 0 Å². The Labute approximate surface area is 235 Å². The van der Waals surface area contributed by atoms with Crippen molar-refractivity contribution in [1.82, 2.24) is 5.32 Å². The molecule has 1 aliphatic carbocycles. The Kier molecular flexibility index (Phi) is 8.45. The van der Waals surface area contributed by atoms with Crippen molar-refractivity contribution in [1.29, 1.82) is 0 Å². The molecule has 212 valence electrons. The Morgan fingerprint density at radius 1 is 1.05 bits per heavy atom. The minimum Gasteiger partial charge on any atom is -0.497 e. The maximum Gasteiger partial charge on any atom is 0.336 e. The van der Waals surface area contributed by atoms with Crippen molar-refractivity contribution in [2.24, 2.45) is 0 Å². The molecule has 2 aromatic rings. The normalized spacial score (nSPS) is 22.5. The highest BCUT2D eigenvalue weighted by atomic mass is 16.6. The molecule has 3 aliphatic rings. The molecule has 8 heteroatoms. The van der Waals surface area contributed by atoms with Crippen LogP contribution in [0.5, 0.6) is 17.2 Å². The van der Waals surface area contributed by atoms with Gasteiger partial charge in [0.1, 0.15) is 23.9 Å². The van der Waals surface area contributed by atoms with Crippen molar-refractivity contribution in [3.8, 4) is 17.2 Å². The second kappa shape index (κ2) is 12.2. The molecule has 2 aromatic carbocycles. The molecule has 5 rings (SSSR count). The summed E-state index contributed by atoms with van der Waals surface area (Å²) in [5, 5.41) is 3.42. The van der Waals surface area contributed by atoms with Crippen LogP contribution in [0.15, 0.2) is 65.0 Å². The van der Waals surface area contributed by atoms with Crippen molar-refractivity contribution >= 4 is 11.8 Å². The summed E-state index contributed by atoms with van der Waals surface area (Å²) in [5.74, 6) is 0.844. The summed E-state index contributed by atoms with van der Waals surface area (Å²) >= 11 is 0. The number of benzene rings is 2. The molecule has 0 unspecified atom stereocenters. The van der Waals surface area contributed by atoms with Gasteiger partial charge in [-0.3, -0.25) is 4.79 Å². The average molecular weight is 548 g/mol. The Bertz CT molecular complexity index is 1340. The third-order valence-corrected chi connectivity index (χ3v) is 7.88. The van der Waals surface area contributed by atoms with Crippen molar-refractivity contribution < 1.29 is 33.3 Å². The third kappa shape index (κ3) is 5.45. The topological polar surface area (TPSA) is 92.3 Å². The van der Waals surface area contributed by atoms with Gasteiger partial charge in [0.25, 0.3) is 0 Å². The Morgan fingerprint density at radius 2 is 1.88 bits per heavy atom. The molecule has 0 bridgehead atoms. The number of hydrogen-bond donors (Lipinski definition) is 1. The van der Waals surface area contributed by atoms with Crippen LogP contribution in [-0.4, -0.2) is 51.9 Å². The van der Waals surface area contributed by atoms with Gasteiger partial charge in [0.15, 0.2) is 5.78 Å². The molecule has 0 aromatic heterocycles. The first-order valence-corrected chi connectivity index (χ1v) is 13.9. The van der Waals surface area contributed by atoms with Crippen LogP contribution in [-0.2, 0) is 19.1 Å². The van der Waals surface area contributed by atoms with Gasteiger partial charge in [-0.05, 0) is 57.4 Å². The van der Waals surface area contributed by atoms with Crippen LogP contribution in [0.3, 0.4) is 0 Å². The summed E-state index contributed by atoms with van der Waals surface area (Å²) in [6, 6.07) is 13.2. The number of hydrogen-bond acceptors (Lipinski definition) is 8. The zero-order chi connectivity index (χ0) is 28.2. The predicted molar refractivity (Wildman–Crippen MR) is 150 cm³/mol. The van der Waals surface area contributed by atoms with Crippen LogP contribution in [0.1, 0.15) is 62.5 Å². The van der Waals surface area contributed by atoms with Crippen molar-refractivity contribution in [2.75, 3.05) is 34.0 Å². The highest BCUT2D eigenvalue weighted by Gasteiger charge is 2.43. The summed E-state index contributed by atoms with van der Waals surface area (Å²) in [4.78, 5) is 27.7. The van der Waals surface area contributed by atoms with E-state index in [2.05, 4.69) is 5.32 Å². The largest absolute Gasteiger partial charge is 0.497 e. The van der Waals surface area contributed by atoms with Crippen LogP contribution in [0, 0.1) is 0 Å². The van der Waals surface area contributed by atoms with E-state index in [9.17, 15) is 9.59 Å². The van der Waals surface area contributed by atoms with Gasteiger partial charge in [-0.25, -0.2) is 4.79 Å². The lowest BCUT2D eigenvalue weighted by Crippen LogP contribution is -2.36. The fraction of sp³-hybridized carbons (Fsp3) is 0.438. The van der Waals surface area contributed by atoms with E-state index in [1.165, 1.54) is 0 Å². The maximum absolute atomic E-state index is 14.1. The van der Waals surface area contributed by atoms with E-state index in [1.807, 2.05) is 56.3 Å². The molecular formula is C32H37NO7. The van der Waals surface area contributed by atoms with E-state index in [1.54, 1.807) is 14.2 Å². The van der Waals surface area contributed by atoms with Crippen LogP contribution in [0.4, 0.5) is 0 Å². The second-order valence-corrected chi connectivity index (χ2v) is 10.3. The first kappa shape index (κ1) is 27.8. The molecule has 0 spiro atoms. The number of carbonyl (C=O) groups excluding carboxylic acids is 2. The van der Waals surface area contributed by atoms with E-state index >= 15 is 0 Å². The summed E-state index contributed by atoms with van der Waals surface area (Å²) in [6.07, 6.45) is 2.57. The molecule has 0 saturated carbocycles. The lowest BCUT2D eigenvalue weighted by molar-refractivity contribution is -0.142. The Morgan fingerprint density at radius 3 is 2.60 bits per heavy atom. The van der Waals surface area contributed by atoms with Gasteiger partial charge in [0.05, 0.1) is 38.4 Å². The fourth-order valence-corrected chi connectivity index (χ4v) is 6.03. The summed E-state index contributed by atoms with van der Waals surface area (Å²) in [7, 11) is 3.25. The summed E-state index contributed by atoms with van der Waals surface area (Å²) in [5.41, 5.74) is 4.16. The minimum atomic E-state index is -0.614. The summed E-state index contributed by atoms with van der Waals surface area (Å²) < 4.78 is 28.5. The van der Waals surface area contributed by atoms with Gasteiger partial charge in [-0.1, -0.05) is 18.2 Å². The van der Waals surface area contributed by atoms with Crippen LogP contribution >= 0.6 is 0 Å². The Hall–Kier alpha value is -3.78. The number of para-hydroxylation sites is 1. The van der Waals surface area contributed by atoms with Crippen LogP contribution in [0.2, 0.25) is 0 Å². The molecule has 2 aliphatic heterocycles. The number of allylic oxidation sites excluding steroid dienone is 3. The molecule has 8 nitrogen and oxygen atoms in total. The minimum absolute atomic E-state index is 0.0307. The van der Waals surface area contributed by atoms with E-state index in [0.717, 1.165) is 29.7 Å². The number of dihydropyridines is 1. The van der Waals surface area contributed by atoms with Crippen molar-refractivity contribution in [3.05, 3.63) is 76.1 Å². The monoisotopic (exact) mass is 547 g/mol. The van der Waals surface area contributed by atoms with Crippen LogP contribution in [0.25, 0.3) is 0 Å². The van der Waals surface area contributed by atoms with Gasteiger partial charge in [0.2, 0.25) is 0 Å². The number of ether oxygens (including phenoxy) is 5. The lowest BCUT2D eigenvalue weighted by Gasteiger charge is -2.37. The molecule has 1 N–H and O–H groups in total. The maximum atomic E-state index is 14.1. The third-order valence-electron chi connectivity index (χ3n) is 7.88. The van der Waals surface area contributed by atoms with Crippen LogP contribution < -0.4 is 19.5 Å². The second-order valence-electron chi connectivity index (χ2n) is 10.3. The molecule has 1 fully saturated rings. The van der Waals surface area contributed by atoms with Gasteiger partial charge in [-0.2, -0.15) is 0 Å². The highest BCUT2D eigenvalue weighted by Crippen LogP contribution is 2.49. The number of esters is 1. The highest BCUT2D eigenvalue weighted by molar-refractivity contribution is 6.04. The fourth-order valence-electron chi connectivity index (χ4n) is 6.03. The molecule has 2 heterocycles. The lowest BCUT2D eigenvalue weighted by atomic mass is 9.71. The zero-order valence-electron chi connectivity index (χ0n) is 23.6. The molecule has 40 heavy (non-hydrogen) atoms.